The first-order valence-electron chi connectivity index (χ1n) is 7.50. The molecule has 0 aromatic heterocycles. The summed E-state index contributed by atoms with van der Waals surface area (Å²) < 4.78 is 4.76. The lowest BCUT2D eigenvalue weighted by Gasteiger charge is -2.33. The minimum atomic E-state index is -0.134. The Morgan fingerprint density at radius 1 is 1.26 bits per heavy atom. The summed E-state index contributed by atoms with van der Waals surface area (Å²) in [4.78, 5) is 25.8. The highest BCUT2D eigenvalue weighted by molar-refractivity contribution is 5.79. The fraction of sp³-hybridized carbons (Fsp3) is 0.867. The summed E-state index contributed by atoms with van der Waals surface area (Å²) in [6.45, 7) is 5.63. The highest BCUT2D eigenvalue weighted by Gasteiger charge is 2.30. The topological polar surface area (TPSA) is 46.6 Å². The van der Waals surface area contributed by atoms with E-state index in [0.717, 1.165) is 38.5 Å². The lowest BCUT2D eigenvalue weighted by atomic mass is 9.93. The van der Waals surface area contributed by atoms with E-state index in [2.05, 4.69) is 13.8 Å². The monoisotopic (exact) mass is 269 g/mol. The molecule has 0 N–H and O–H groups in total. The third kappa shape index (κ3) is 4.51. The highest BCUT2D eigenvalue weighted by atomic mass is 16.5. The predicted octanol–water partition coefficient (Wildman–Crippen LogP) is 2.61. The van der Waals surface area contributed by atoms with Gasteiger partial charge in [0, 0.05) is 19.0 Å². The van der Waals surface area contributed by atoms with Gasteiger partial charge in [0.15, 0.2) is 0 Å². The van der Waals surface area contributed by atoms with Crippen LogP contribution in [0.15, 0.2) is 0 Å². The number of likely N-dealkylation sites (tertiary alicyclic amines) is 1. The first kappa shape index (κ1) is 16.0. The smallest absolute Gasteiger partial charge is 0.308 e. The molecule has 110 valence electrons. The van der Waals surface area contributed by atoms with Crippen molar-refractivity contribution in [2.24, 2.45) is 11.8 Å². The summed E-state index contributed by atoms with van der Waals surface area (Å²) >= 11 is 0. The number of rotatable bonds is 6. The average molecular weight is 269 g/mol. The second-order valence-corrected chi connectivity index (χ2v) is 5.37. The molecule has 4 heteroatoms. The molecule has 1 fully saturated rings. The number of ether oxygens (including phenoxy) is 1. The molecule has 1 unspecified atom stereocenters. The molecule has 0 spiro atoms. The van der Waals surface area contributed by atoms with E-state index < -0.39 is 0 Å². The molecule has 0 bridgehead atoms. The van der Waals surface area contributed by atoms with Gasteiger partial charge in [0.05, 0.1) is 13.0 Å². The fourth-order valence-electron chi connectivity index (χ4n) is 2.71. The number of nitrogens with zero attached hydrogens (tertiary/aromatic N) is 1. The summed E-state index contributed by atoms with van der Waals surface area (Å²) in [5.41, 5.74) is 0. The predicted molar refractivity (Wildman–Crippen MR) is 74.6 cm³/mol. The molecule has 4 nitrogen and oxygen atoms in total. The Morgan fingerprint density at radius 2 is 1.89 bits per heavy atom. The van der Waals surface area contributed by atoms with Crippen LogP contribution in [0.1, 0.15) is 52.4 Å². The zero-order valence-corrected chi connectivity index (χ0v) is 12.5. The Labute approximate surface area is 116 Å². The molecule has 0 aromatic carbocycles. The Balaban J connectivity index is 2.45. The molecule has 0 aromatic rings. The third-order valence-corrected chi connectivity index (χ3v) is 4.09. The lowest BCUT2D eigenvalue weighted by Crippen LogP contribution is -2.43. The van der Waals surface area contributed by atoms with Crippen molar-refractivity contribution in [2.75, 3.05) is 20.2 Å². The first-order chi connectivity index (χ1) is 9.13. The van der Waals surface area contributed by atoms with Gasteiger partial charge in [-0.05, 0) is 25.7 Å². The number of amides is 1. The molecule has 1 atom stereocenters. The van der Waals surface area contributed by atoms with E-state index in [0.29, 0.717) is 13.1 Å². The number of carbonyl (C=O) groups excluding carboxylic acids is 2. The summed E-state index contributed by atoms with van der Waals surface area (Å²) in [7, 11) is 1.43. The minimum Gasteiger partial charge on any atom is -0.469 e. The molecular formula is C15H27NO3. The van der Waals surface area contributed by atoms with E-state index in [4.69, 9.17) is 4.74 Å². The molecule has 1 heterocycles. The molecule has 0 aliphatic carbocycles. The van der Waals surface area contributed by atoms with Crippen LogP contribution in [-0.2, 0) is 14.3 Å². The number of esters is 1. The van der Waals surface area contributed by atoms with E-state index in [9.17, 15) is 9.59 Å². The number of piperidine rings is 1. The van der Waals surface area contributed by atoms with Gasteiger partial charge in [-0.1, -0.05) is 26.7 Å². The standard InChI is InChI=1S/C15H27NO3/c1-4-6-7-12(5-2)14(17)16-10-8-13(9-11-16)15(18)19-3/h12-13H,4-11H2,1-3H3. The Morgan fingerprint density at radius 3 is 2.37 bits per heavy atom. The van der Waals surface area contributed by atoms with E-state index >= 15 is 0 Å². The van der Waals surface area contributed by atoms with E-state index in [1.807, 2.05) is 4.90 Å². The molecular weight excluding hydrogens is 242 g/mol. The van der Waals surface area contributed by atoms with Crippen molar-refractivity contribution in [2.45, 2.75) is 52.4 Å². The van der Waals surface area contributed by atoms with Crippen molar-refractivity contribution >= 4 is 11.9 Å². The lowest BCUT2D eigenvalue weighted by molar-refractivity contribution is -0.149. The Kier molecular flexibility index (Phi) is 6.89. The second-order valence-electron chi connectivity index (χ2n) is 5.37. The van der Waals surface area contributed by atoms with Gasteiger partial charge in [-0.25, -0.2) is 0 Å². The summed E-state index contributed by atoms with van der Waals surface area (Å²) in [6, 6.07) is 0. The van der Waals surface area contributed by atoms with E-state index in [1.165, 1.54) is 7.11 Å². The molecule has 1 saturated heterocycles. The van der Waals surface area contributed by atoms with Crippen LogP contribution in [0, 0.1) is 11.8 Å². The molecule has 1 amide bonds. The summed E-state index contributed by atoms with van der Waals surface area (Å²) in [5, 5.41) is 0. The van der Waals surface area contributed by atoms with Crippen molar-refractivity contribution in [1.82, 2.24) is 4.90 Å². The molecule has 1 aliphatic heterocycles. The number of unbranched alkanes of at least 4 members (excludes halogenated alkanes) is 1. The van der Waals surface area contributed by atoms with Gasteiger partial charge in [0.2, 0.25) is 5.91 Å². The molecule has 1 rings (SSSR count). The maximum Gasteiger partial charge on any atom is 0.308 e. The first-order valence-corrected chi connectivity index (χ1v) is 7.50. The zero-order valence-electron chi connectivity index (χ0n) is 12.5. The number of hydrogen-bond acceptors (Lipinski definition) is 3. The Hall–Kier alpha value is -1.06. The van der Waals surface area contributed by atoms with Crippen LogP contribution in [0.4, 0.5) is 0 Å². The maximum absolute atomic E-state index is 12.4. The van der Waals surface area contributed by atoms with Crippen LogP contribution in [0.25, 0.3) is 0 Å². The van der Waals surface area contributed by atoms with Crippen LogP contribution in [0.3, 0.4) is 0 Å². The van der Waals surface area contributed by atoms with Crippen LogP contribution in [0.2, 0.25) is 0 Å². The van der Waals surface area contributed by atoms with Crippen LogP contribution >= 0.6 is 0 Å². The van der Waals surface area contributed by atoms with Gasteiger partial charge >= 0.3 is 5.97 Å². The van der Waals surface area contributed by atoms with Gasteiger partial charge < -0.3 is 9.64 Å². The fourth-order valence-corrected chi connectivity index (χ4v) is 2.71. The summed E-state index contributed by atoms with van der Waals surface area (Å²) in [6.07, 6.45) is 5.63. The van der Waals surface area contributed by atoms with Crippen LogP contribution in [-0.4, -0.2) is 37.0 Å². The SMILES string of the molecule is CCCCC(CC)C(=O)N1CCC(C(=O)OC)CC1. The van der Waals surface area contributed by atoms with Crippen molar-refractivity contribution in [3.05, 3.63) is 0 Å². The molecule has 0 saturated carbocycles. The van der Waals surface area contributed by atoms with Crippen molar-refractivity contribution in [3.63, 3.8) is 0 Å². The van der Waals surface area contributed by atoms with Crippen LogP contribution in [0.5, 0.6) is 0 Å². The molecule has 0 radical (unpaired) electrons. The second kappa shape index (κ2) is 8.18. The van der Waals surface area contributed by atoms with Gasteiger partial charge in [0.1, 0.15) is 0 Å². The van der Waals surface area contributed by atoms with Gasteiger partial charge in [-0.15, -0.1) is 0 Å². The number of carbonyl (C=O) groups is 2. The maximum atomic E-state index is 12.4. The van der Waals surface area contributed by atoms with Gasteiger partial charge in [0.25, 0.3) is 0 Å². The molecule has 1 aliphatic rings. The summed E-state index contributed by atoms with van der Waals surface area (Å²) in [5.74, 6) is 0.281. The number of methoxy groups -OCH3 is 1. The highest BCUT2D eigenvalue weighted by Crippen LogP contribution is 2.22. The average Bonchev–Trinajstić information content (AvgIpc) is 2.47. The van der Waals surface area contributed by atoms with Crippen LogP contribution < -0.4 is 0 Å². The minimum absolute atomic E-state index is 0.0234. The number of hydrogen-bond donors (Lipinski definition) is 0. The quantitative estimate of drug-likeness (QED) is 0.696. The van der Waals surface area contributed by atoms with E-state index in [1.54, 1.807) is 0 Å². The van der Waals surface area contributed by atoms with Crippen molar-refractivity contribution in [1.29, 1.82) is 0 Å². The normalized spacial score (nSPS) is 18.2. The van der Waals surface area contributed by atoms with Crippen molar-refractivity contribution < 1.29 is 14.3 Å². The zero-order chi connectivity index (χ0) is 14.3. The van der Waals surface area contributed by atoms with E-state index in [-0.39, 0.29) is 23.7 Å². The van der Waals surface area contributed by atoms with Gasteiger partial charge in [-0.2, -0.15) is 0 Å². The largest absolute Gasteiger partial charge is 0.469 e. The Bertz CT molecular complexity index is 296. The van der Waals surface area contributed by atoms with Gasteiger partial charge in [-0.3, -0.25) is 9.59 Å². The third-order valence-electron chi connectivity index (χ3n) is 4.09. The molecule has 19 heavy (non-hydrogen) atoms. The van der Waals surface area contributed by atoms with Crippen molar-refractivity contribution in [3.8, 4) is 0 Å².